The molecule has 1 aliphatic heterocycles. The molecule has 1 aromatic heterocycles. The normalized spacial score (nSPS) is 18.5. The predicted octanol–water partition coefficient (Wildman–Crippen LogP) is 6.19. The molecule has 0 saturated heterocycles. The Balaban J connectivity index is 1.43. The molecule has 2 aliphatic rings. The van der Waals surface area contributed by atoms with Crippen LogP contribution in [-0.2, 0) is 11.2 Å². The maximum atomic E-state index is 14.6. The molecule has 0 bridgehead atoms. The minimum Gasteiger partial charge on any atom is -0.497 e. The van der Waals surface area contributed by atoms with Gasteiger partial charge in [0.25, 0.3) is 0 Å². The number of ether oxygens (including phenoxy) is 3. The number of aromatic nitrogens is 1. The van der Waals surface area contributed by atoms with Crippen molar-refractivity contribution in [1.82, 2.24) is 4.98 Å². The number of fused-ring (bicyclic) bond motifs is 1. The largest absolute Gasteiger partial charge is 0.497 e. The quantitative estimate of drug-likeness (QED) is 0.405. The molecule has 1 fully saturated rings. The number of nitrogens with zero attached hydrogens (tertiary/aromatic N) is 1. The molecule has 0 spiro atoms. The molecule has 2 aromatic carbocycles. The number of halogens is 1. The number of methoxy groups -OCH3 is 2. The monoisotopic (exact) mass is 491 g/mol. The predicted molar refractivity (Wildman–Crippen MR) is 133 cm³/mol. The van der Waals surface area contributed by atoms with Crippen LogP contribution in [0, 0.1) is 17.7 Å². The van der Waals surface area contributed by atoms with Crippen molar-refractivity contribution in [2.45, 2.75) is 44.6 Å². The molecule has 0 radical (unpaired) electrons. The average Bonchev–Trinajstić information content (AvgIpc) is 3.73. The van der Waals surface area contributed by atoms with E-state index >= 15 is 0 Å². The molecule has 3 atom stereocenters. The van der Waals surface area contributed by atoms with Crippen LogP contribution in [-0.4, -0.2) is 30.3 Å². The molecule has 5 rings (SSSR count). The summed E-state index contributed by atoms with van der Waals surface area (Å²) < 4.78 is 31.8. The third-order valence-corrected chi connectivity index (χ3v) is 7.38. The van der Waals surface area contributed by atoms with Gasteiger partial charge in [0, 0.05) is 23.4 Å². The first-order valence-corrected chi connectivity index (χ1v) is 12.3. The van der Waals surface area contributed by atoms with Crippen molar-refractivity contribution in [2.75, 3.05) is 14.2 Å². The van der Waals surface area contributed by atoms with Crippen LogP contribution in [0.3, 0.4) is 0 Å². The van der Waals surface area contributed by atoms with Gasteiger partial charge in [0.1, 0.15) is 29.2 Å². The summed E-state index contributed by atoms with van der Waals surface area (Å²) in [7, 11) is 3.08. The van der Waals surface area contributed by atoms with Crippen LogP contribution in [0.15, 0.2) is 48.7 Å². The lowest BCUT2D eigenvalue weighted by Crippen LogP contribution is -2.21. The SMILES string of the molecule is COc1ccc(F)c(-c2cnc(C3CCc4ccc([C@H](C5CC5)[C@H](C)C(=O)O)cc4O3)cc2OC)c1. The summed E-state index contributed by atoms with van der Waals surface area (Å²) in [6, 6.07) is 12.5. The molecule has 36 heavy (non-hydrogen) atoms. The smallest absolute Gasteiger partial charge is 0.306 e. The molecule has 7 heteroatoms. The van der Waals surface area contributed by atoms with Gasteiger partial charge in [-0.1, -0.05) is 19.1 Å². The van der Waals surface area contributed by atoms with E-state index in [0.717, 1.165) is 42.6 Å². The highest BCUT2D eigenvalue weighted by molar-refractivity contribution is 5.72. The Kier molecular flexibility index (Phi) is 6.56. The number of benzene rings is 2. The zero-order chi connectivity index (χ0) is 25.4. The number of rotatable bonds is 8. The van der Waals surface area contributed by atoms with Crippen LogP contribution >= 0.6 is 0 Å². The van der Waals surface area contributed by atoms with E-state index in [1.165, 1.54) is 13.2 Å². The van der Waals surface area contributed by atoms with Crippen LogP contribution in [0.5, 0.6) is 17.2 Å². The summed E-state index contributed by atoms with van der Waals surface area (Å²) in [5, 5.41) is 9.64. The molecule has 1 N–H and O–H groups in total. The average molecular weight is 492 g/mol. The van der Waals surface area contributed by atoms with Crippen molar-refractivity contribution >= 4 is 5.97 Å². The number of carboxylic acids is 1. The van der Waals surface area contributed by atoms with E-state index in [2.05, 4.69) is 17.1 Å². The second-order valence-corrected chi connectivity index (χ2v) is 9.66. The van der Waals surface area contributed by atoms with Crippen molar-refractivity contribution in [1.29, 1.82) is 0 Å². The second kappa shape index (κ2) is 9.80. The maximum Gasteiger partial charge on any atom is 0.306 e. The molecule has 3 aromatic rings. The molecule has 0 amide bonds. The molecular formula is C29H30FNO5. The van der Waals surface area contributed by atoms with Crippen LogP contribution < -0.4 is 14.2 Å². The van der Waals surface area contributed by atoms with E-state index in [1.54, 1.807) is 38.4 Å². The third kappa shape index (κ3) is 4.62. The zero-order valence-electron chi connectivity index (χ0n) is 20.7. The Morgan fingerprint density at radius 1 is 1.08 bits per heavy atom. The Bertz CT molecular complexity index is 1290. The summed E-state index contributed by atoms with van der Waals surface area (Å²) in [5.41, 5.74) is 3.71. The van der Waals surface area contributed by atoms with E-state index in [9.17, 15) is 14.3 Å². The first kappa shape index (κ1) is 24.1. The Hall–Kier alpha value is -3.61. The van der Waals surface area contributed by atoms with E-state index in [1.807, 2.05) is 6.07 Å². The van der Waals surface area contributed by atoms with E-state index in [4.69, 9.17) is 14.2 Å². The highest BCUT2D eigenvalue weighted by Gasteiger charge is 2.39. The second-order valence-electron chi connectivity index (χ2n) is 9.66. The van der Waals surface area contributed by atoms with Gasteiger partial charge >= 0.3 is 5.97 Å². The molecule has 1 unspecified atom stereocenters. The molecule has 188 valence electrons. The van der Waals surface area contributed by atoms with Gasteiger partial charge in [0.05, 0.1) is 25.8 Å². The van der Waals surface area contributed by atoms with Gasteiger partial charge in [-0.3, -0.25) is 9.78 Å². The van der Waals surface area contributed by atoms with Gasteiger partial charge < -0.3 is 19.3 Å². The fraction of sp³-hybridized carbons (Fsp3) is 0.379. The summed E-state index contributed by atoms with van der Waals surface area (Å²) >= 11 is 0. The Labute approximate surface area is 210 Å². The fourth-order valence-electron chi connectivity index (χ4n) is 5.22. The number of hydrogen-bond acceptors (Lipinski definition) is 5. The lowest BCUT2D eigenvalue weighted by molar-refractivity contribution is -0.142. The van der Waals surface area contributed by atoms with Crippen LogP contribution in [0.2, 0.25) is 0 Å². The topological polar surface area (TPSA) is 77.9 Å². The number of pyridine rings is 1. The first-order valence-electron chi connectivity index (χ1n) is 12.3. The van der Waals surface area contributed by atoms with Crippen molar-refractivity contribution in [3.05, 3.63) is 71.3 Å². The van der Waals surface area contributed by atoms with Crippen molar-refractivity contribution in [3.63, 3.8) is 0 Å². The highest BCUT2D eigenvalue weighted by Crippen LogP contribution is 2.48. The molecular weight excluding hydrogens is 461 g/mol. The highest BCUT2D eigenvalue weighted by atomic mass is 19.1. The van der Waals surface area contributed by atoms with Crippen LogP contribution in [0.4, 0.5) is 4.39 Å². The van der Waals surface area contributed by atoms with Crippen LogP contribution in [0.25, 0.3) is 11.1 Å². The number of carboxylic acid groups (broad SMARTS) is 1. The Morgan fingerprint density at radius 3 is 2.58 bits per heavy atom. The van der Waals surface area contributed by atoms with Crippen molar-refractivity contribution in [3.8, 4) is 28.4 Å². The maximum absolute atomic E-state index is 14.6. The fourth-order valence-corrected chi connectivity index (χ4v) is 5.22. The number of hydrogen-bond donors (Lipinski definition) is 1. The van der Waals surface area contributed by atoms with Gasteiger partial charge in [0.15, 0.2) is 0 Å². The number of carbonyl (C=O) groups is 1. The molecule has 1 saturated carbocycles. The lowest BCUT2D eigenvalue weighted by Gasteiger charge is -2.28. The molecule has 6 nitrogen and oxygen atoms in total. The van der Waals surface area contributed by atoms with Crippen molar-refractivity contribution in [2.24, 2.45) is 11.8 Å². The van der Waals surface area contributed by atoms with E-state index in [0.29, 0.717) is 34.2 Å². The Morgan fingerprint density at radius 2 is 1.89 bits per heavy atom. The molecule has 2 heterocycles. The van der Waals surface area contributed by atoms with Gasteiger partial charge in [-0.15, -0.1) is 0 Å². The summed E-state index contributed by atoms with van der Waals surface area (Å²) in [6.07, 6.45) is 5.01. The minimum atomic E-state index is -0.771. The zero-order valence-corrected chi connectivity index (χ0v) is 20.7. The summed E-state index contributed by atoms with van der Waals surface area (Å²) in [4.78, 5) is 16.4. The number of aliphatic carboxylic acids is 1. The standard InChI is InChI=1S/C29H30FNO5/c1-16(29(32)33)28(18-5-6-18)19-7-4-17-8-11-25(36-26(17)12-19)24-14-27(35-3)22(15-31-24)21-13-20(34-2)9-10-23(21)30/h4,7,9-10,12-16,18,25,28H,5-6,8,11H2,1-3H3,(H,32,33)/t16-,25?,28-/m0/s1. The number of aryl methyl sites for hydroxylation is 1. The first-order chi connectivity index (χ1) is 17.4. The summed E-state index contributed by atoms with van der Waals surface area (Å²) in [6.45, 7) is 1.79. The minimum absolute atomic E-state index is 0.0213. The summed E-state index contributed by atoms with van der Waals surface area (Å²) in [5.74, 6) is 0.589. The lowest BCUT2D eigenvalue weighted by atomic mass is 9.82. The van der Waals surface area contributed by atoms with Crippen molar-refractivity contribution < 1.29 is 28.5 Å². The van der Waals surface area contributed by atoms with E-state index in [-0.39, 0.29) is 17.8 Å². The van der Waals surface area contributed by atoms with E-state index < -0.39 is 11.9 Å². The van der Waals surface area contributed by atoms with Crippen LogP contribution in [0.1, 0.15) is 55.0 Å². The molecule has 1 aliphatic carbocycles. The van der Waals surface area contributed by atoms with Gasteiger partial charge in [-0.05, 0) is 72.9 Å². The van der Waals surface area contributed by atoms with Gasteiger partial charge in [0.2, 0.25) is 0 Å². The third-order valence-electron chi connectivity index (χ3n) is 7.38. The van der Waals surface area contributed by atoms with Gasteiger partial charge in [-0.2, -0.15) is 0 Å². The van der Waals surface area contributed by atoms with Gasteiger partial charge in [-0.25, -0.2) is 4.39 Å².